The van der Waals surface area contributed by atoms with E-state index in [1.165, 1.54) is 6.07 Å². The molecule has 0 aromatic heterocycles. The van der Waals surface area contributed by atoms with Crippen LogP contribution in [-0.2, 0) is 10.7 Å². The summed E-state index contributed by atoms with van der Waals surface area (Å²) < 4.78 is 56.1. The topological polar surface area (TPSA) is 17.1 Å². The fraction of sp³-hybridized carbons (Fsp3) is 0.520. The molecule has 162 valence electrons. The van der Waals surface area contributed by atoms with E-state index in [0.29, 0.717) is 5.30 Å². The van der Waals surface area contributed by atoms with Crippen molar-refractivity contribution in [3.05, 3.63) is 54.1 Å². The van der Waals surface area contributed by atoms with Gasteiger partial charge in [-0.05, 0) is 48.9 Å². The van der Waals surface area contributed by atoms with Crippen molar-refractivity contribution in [1.82, 2.24) is 0 Å². The van der Waals surface area contributed by atoms with Crippen molar-refractivity contribution in [3.8, 4) is 11.1 Å². The lowest BCUT2D eigenvalue weighted by atomic mass is 9.99. The summed E-state index contributed by atoms with van der Waals surface area (Å²) in [7, 11) is -3.02. The van der Waals surface area contributed by atoms with Gasteiger partial charge in [0.1, 0.15) is 7.14 Å². The highest BCUT2D eigenvalue weighted by Crippen LogP contribution is 2.63. The van der Waals surface area contributed by atoms with Gasteiger partial charge in [-0.25, -0.2) is 0 Å². The molecular formula is C25H30F3OP. The Bertz CT molecular complexity index is 872. The minimum Gasteiger partial charge on any atom is -0.318 e. The summed E-state index contributed by atoms with van der Waals surface area (Å²) in [5.74, 6) is 0. The number of rotatable bonds is 4. The highest BCUT2D eigenvalue weighted by atomic mass is 31.2. The zero-order valence-corrected chi connectivity index (χ0v) is 18.2. The average Bonchev–Trinajstić information content (AvgIpc) is 2.79. The summed E-state index contributed by atoms with van der Waals surface area (Å²) >= 11 is 0. The Labute approximate surface area is 177 Å². The number of alkyl halides is 3. The summed E-state index contributed by atoms with van der Waals surface area (Å²) in [5, 5.41) is 0.488. The SMILES string of the molecule is O=P(c1cc(C(F)(F)F)ccc1-c1ccccc1)(C1CCCCC1)C1CCCCC1. The van der Waals surface area contributed by atoms with Crippen molar-refractivity contribution in [2.24, 2.45) is 0 Å². The molecule has 0 bridgehead atoms. The van der Waals surface area contributed by atoms with Crippen LogP contribution < -0.4 is 5.30 Å². The molecular weight excluding hydrogens is 404 g/mol. The maximum absolute atomic E-state index is 15.0. The monoisotopic (exact) mass is 434 g/mol. The van der Waals surface area contributed by atoms with Gasteiger partial charge in [0.25, 0.3) is 0 Å². The third kappa shape index (κ3) is 4.26. The van der Waals surface area contributed by atoms with Gasteiger partial charge in [0.2, 0.25) is 0 Å². The Morgan fingerprint density at radius 2 is 1.27 bits per heavy atom. The molecule has 0 aliphatic heterocycles. The molecule has 0 N–H and O–H groups in total. The molecule has 0 atom stereocenters. The van der Waals surface area contributed by atoms with Gasteiger partial charge >= 0.3 is 6.18 Å². The third-order valence-electron chi connectivity index (χ3n) is 7.02. The van der Waals surface area contributed by atoms with Gasteiger partial charge in [-0.15, -0.1) is 0 Å². The molecule has 4 rings (SSSR count). The first-order valence-electron chi connectivity index (χ1n) is 11.3. The molecule has 0 heterocycles. The normalized spacial score (nSPS) is 19.7. The molecule has 2 aliphatic carbocycles. The van der Waals surface area contributed by atoms with Gasteiger partial charge < -0.3 is 4.57 Å². The van der Waals surface area contributed by atoms with Gasteiger partial charge in [0.05, 0.1) is 5.56 Å². The summed E-state index contributed by atoms with van der Waals surface area (Å²) in [5.41, 5.74) is 0.931. The first-order valence-corrected chi connectivity index (χ1v) is 13.1. The maximum Gasteiger partial charge on any atom is 0.416 e. The molecule has 30 heavy (non-hydrogen) atoms. The Hall–Kier alpha value is -1.54. The van der Waals surface area contributed by atoms with Crippen LogP contribution in [0.25, 0.3) is 11.1 Å². The van der Waals surface area contributed by atoms with Crippen LogP contribution in [0, 0.1) is 0 Å². The van der Waals surface area contributed by atoms with E-state index in [1.54, 1.807) is 6.07 Å². The fourth-order valence-electron chi connectivity index (χ4n) is 5.48. The average molecular weight is 434 g/mol. The van der Waals surface area contributed by atoms with E-state index in [-0.39, 0.29) is 11.3 Å². The molecule has 2 aromatic rings. The molecule has 0 unspecified atom stereocenters. The van der Waals surface area contributed by atoms with Gasteiger partial charge in [-0.2, -0.15) is 13.2 Å². The van der Waals surface area contributed by atoms with Gasteiger partial charge in [-0.3, -0.25) is 0 Å². The summed E-state index contributed by atoms with van der Waals surface area (Å²) in [6, 6.07) is 13.5. The first kappa shape index (κ1) is 21.7. The Morgan fingerprint density at radius 1 is 0.733 bits per heavy atom. The van der Waals surface area contributed by atoms with Crippen molar-refractivity contribution in [2.45, 2.75) is 81.7 Å². The number of benzene rings is 2. The van der Waals surface area contributed by atoms with E-state index in [1.807, 2.05) is 30.3 Å². The zero-order valence-electron chi connectivity index (χ0n) is 17.3. The molecule has 0 radical (unpaired) electrons. The number of hydrogen-bond acceptors (Lipinski definition) is 1. The molecule has 2 saturated carbocycles. The second-order valence-electron chi connectivity index (χ2n) is 8.89. The van der Waals surface area contributed by atoms with E-state index in [9.17, 15) is 13.2 Å². The Morgan fingerprint density at radius 3 is 1.77 bits per heavy atom. The van der Waals surface area contributed by atoms with Crippen molar-refractivity contribution in [3.63, 3.8) is 0 Å². The Kier molecular flexibility index (Phi) is 6.44. The predicted molar refractivity (Wildman–Crippen MR) is 118 cm³/mol. The summed E-state index contributed by atoms with van der Waals surface area (Å²) in [4.78, 5) is 0. The van der Waals surface area contributed by atoms with Crippen LogP contribution in [0.4, 0.5) is 13.2 Å². The van der Waals surface area contributed by atoms with Gasteiger partial charge in [0.15, 0.2) is 0 Å². The molecule has 0 spiro atoms. The van der Waals surface area contributed by atoms with Crippen LogP contribution in [-0.4, -0.2) is 11.3 Å². The number of hydrogen-bond donors (Lipinski definition) is 0. The second kappa shape index (κ2) is 8.91. The largest absolute Gasteiger partial charge is 0.416 e. The van der Waals surface area contributed by atoms with Crippen LogP contribution in [0.5, 0.6) is 0 Å². The molecule has 2 aromatic carbocycles. The smallest absolute Gasteiger partial charge is 0.318 e. The third-order valence-corrected chi connectivity index (χ3v) is 11.3. The van der Waals surface area contributed by atoms with E-state index in [2.05, 4.69) is 0 Å². The first-order chi connectivity index (χ1) is 14.4. The number of halogens is 3. The van der Waals surface area contributed by atoms with Crippen LogP contribution in [0.2, 0.25) is 0 Å². The lowest BCUT2D eigenvalue weighted by Crippen LogP contribution is -2.31. The Balaban J connectivity index is 1.92. The van der Waals surface area contributed by atoms with Crippen molar-refractivity contribution < 1.29 is 17.7 Å². The van der Waals surface area contributed by atoms with Crippen LogP contribution in [0.3, 0.4) is 0 Å². The lowest BCUT2D eigenvalue weighted by Gasteiger charge is -2.39. The van der Waals surface area contributed by atoms with E-state index in [4.69, 9.17) is 0 Å². The van der Waals surface area contributed by atoms with Gasteiger partial charge in [-0.1, -0.05) is 74.9 Å². The standard InChI is InChI=1S/C25H30F3OP/c26-25(27,28)20-16-17-23(19-10-4-1-5-11-19)24(18-20)30(29,21-12-6-2-7-13-21)22-14-8-3-9-15-22/h1,4-5,10-11,16-18,21-22H,2-3,6-9,12-15H2. The van der Waals surface area contributed by atoms with E-state index >= 15 is 4.57 Å². The quantitative estimate of drug-likeness (QED) is 0.445. The van der Waals surface area contributed by atoms with E-state index < -0.39 is 18.9 Å². The van der Waals surface area contributed by atoms with Crippen molar-refractivity contribution in [1.29, 1.82) is 0 Å². The van der Waals surface area contributed by atoms with E-state index in [0.717, 1.165) is 81.4 Å². The van der Waals surface area contributed by atoms with Crippen LogP contribution in [0.15, 0.2) is 48.5 Å². The minimum absolute atomic E-state index is 0.0142. The molecule has 5 heteroatoms. The minimum atomic E-state index is -4.44. The van der Waals surface area contributed by atoms with Crippen LogP contribution >= 0.6 is 7.14 Å². The molecule has 1 nitrogen and oxygen atoms in total. The summed E-state index contributed by atoms with van der Waals surface area (Å²) in [6.45, 7) is 0. The van der Waals surface area contributed by atoms with Crippen molar-refractivity contribution >= 4 is 12.4 Å². The molecule has 0 saturated heterocycles. The summed E-state index contributed by atoms with van der Waals surface area (Å²) in [6.07, 6.45) is 5.44. The maximum atomic E-state index is 15.0. The lowest BCUT2D eigenvalue weighted by molar-refractivity contribution is -0.137. The molecule has 2 aliphatic rings. The highest BCUT2D eigenvalue weighted by molar-refractivity contribution is 7.73. The zero-order chi connectivity index (χ0) is 21.2. The van der Waals surface area contributed by atoms with Gasteiger partial charge in [0, 0.05) is 16.6 Å². The fourth-order valence-corrected chi connectivity index (χ4v) is 10.0. The highest BCUT2D eigenvalue weighted by Gasteiger charge is 2.45. The van der Waals surface area contributed by atoms with Crippen molar-refractivity contribution in [2.75, 3.05) is 0 Å². The van der Waals surface area contributed by atoms with Crippen LogP contribution in [0.1, 0.15) is 69.8 Å². The molecule has 0 amide bonds. The predicted octanol–water partition coefficient (Wildman–Crippen LogP) is 8.03. The second-order valence-corrected chi connectivity index (χ2v) is 12.2. The molecule has 2 fully saturated rings.